The van der Waals surface area contributed by atoms with Crippen molar-refractivity contribution < 1.29 is 15.1 Å². The molecule has 6 heteroatoms. The van der Waals surface area contributed by atoms with Gasteiger partial charge in [0.2, 0.25) is 5.91 Å². The van der Waals surface area contributed by atoms with Gasteiger partial charge >= 0.3 is 0 Å². The number of carbonyl (C=O) groups is 1. The number of rotatable bonds is 3. The first kappa shape index (κ1) is 15.3. The molecule has 21 heavy (non-hydrogen) atoms. The number of nitrogens with zero attached hydrogens (tertiary/aromatic N) is 2. The van der Waals surface area contributed by atoms with Gasteiger partial charge < -0.3 is 20.9 Å². The number of nitrogens with two attached hydrogens (primary N) is 1. The third-order valence-corrected chi connectivity index (χ3v) is 4.02. The van der Waals surface area contributed by atoms with Crippen molar-refractivity contribution in [3.8, 4) is 0 Å². The van der Waals surface area contributed by atoms with Gasteiger partial charge in [0.15, 0.2) is 5.84 Å². The summed E-state index contributed by atoms with van der Waals surface area (Å²) in [7, 11) is 0. The van der Waals surface area contributed by atoms with Crippen LogP contribution in [0.2, 0.25) is 0 Å². The van der Waals surface area contributed by atoms with Crippen molar-refractivity contribution in [2.24, 2.45) is 16.8 Å². The maximum Gasteiger partial charge on any atom is 0.237 e. The molecule has 0 spiro atoms. The zero-order chi connectivity index (χ0) is 15.4. The van der Waals surface area contributed by atoms with Crippen LogP contribution in [0.25, 0.3) is 0 Å². The smallest absolute Gasteiger partial charge is 0.237 e. The molecule has 4 N–H and O–H groups in total. The van der Waals surface area contributed by atoms with E-state index in [-0.39, 0.29) is 24.2 Å². The summed E-state index contributed by atoms with van der Waals surface area (Å²) >= 11 is 0. The van der Waals surface area contributed by atoms with E-state index in [1.807, 2.05) is 13.0 Å². The molecule has 0 radical (unpaired) electrons. The predicted molar refractivity (Wildman–Crippen MR) is 79.0 cm³/mol. The molecule has 1 amide bonds. The summed E-state index contributed by atoms with van der Waals surface area (Å²) in [5.74, 6) is -1.04. The van der Waals surface area contributed by atoms with Gasteiger partial charge in [0.05, 0.1) is 6.10 Å². The van der Waals surface area contributed by atoms with Crippen LogP contribution >= 0.6 is 0 Å². The Balaban J connectivity index is 2.24. The van der Waals surface area contributed by atoms with Gasteiger partial charge in [0.25, 0.3) is 0 Å². The highest BCUT2D eigenvalue weighted by Gasteiger charge is 2.34. The highest BCUT2D eigenvalue weighted by molar-refractivity contribution is 6.07. The number of hydrogen-bond acceptors (Lipinski definition) is 4. The van der Waals surface area contributed by atoms with Crippen LogP contribution in [0.1, 0.15) is 24.8 Å². The third kappa shape index (κ3) is 3.33. The quantitative estimate of drug-likeness (QED) is 0.331. The van der Waals surface area contributed by atoms with Crippen molar-refractivity contribution >= 4 is 11.7 Å². The fourth-order valence-electron chi connectivity index (χ4n) is 2.57. The lowest BCUT2D eigenvalue weighted by atomic mass is 9.92. The molecule has 1 heterocycles. The second kappa shape index (κ2) is 6.58. The number of aliphatic hydroxyl groups excluding tert-OH is 1. The normalized spacial score (nSPS) is 24.7. The van der Waals surface area contributed by atoms with Gasteiger partial charge in [-0.1, -0.05) is 42.4 Å². The van der Waals surface area contributed by atoms with Gasteiger partial charge in [-0.05, 0) is 17.9 Å². The molecule has 0 saturated carbocycles. The van der Waals surface area contributed by atoms with Crippen molar-refractivity contribution in [2.75, 3.05) is 13.1 Å². The molecule has 0 aliphatic carbocycles. The average molecular weight is 291 g/mol. The topological polar surface area (TPSA) is 99.2 Å². The third-order valence-electron chi connectivity index (χ3n) is 4.02. The number of benzene rings is 1. The van der Waals surface area contributed by atoms with Crippen LogP contribution in [0, 0.1) is 5.92 Å². The maximum absolute atomic E-state index is 12.7. The molecule has 3 atom stereocenters. The Hall–Kier alpha value is -2.08. The van der Waals surface area contributed by atoms with Crippen LogP contribution in [0.5, 0.6) is 0 Å². The summed E-state index contributed by atoms with van der Waals surface area (Å²) in [6.07, 6.45) is 0.205. The molecular formula is C15H21N3O3. The average Bonchev–Trinajstić information content (AvgIpc) is 2.51. The largest absolute Gasteiger partial charge is 0.409 e. The SMILES string of the molecule is CC1CCN(C(=O)C(/C(N)=N/O)c2ccccc2)CC1O. The maximum atomic E-state index is 12.7. The number of piperidine rings is 1. The zero-order valence-corrected chi connectivity index (χ0v) is 12.0. The highest BCUT2D eigenvalue weighted by Crippen LogP contribution is 2.23. The number of amides is 1. The molecule has 0 bridgehead atoms. The lowest BCUT2D eigenvalue weighted by molar-refractivity contribution is -0.135. The van der Waals surface area contributed by atoms with Crippen molar-refractivity contribution in [3.63, 3.8) is 0 Å². The second-order valence-corrected chi connectivity index (χ2v) is 5.49. The van der Waals surface area contributed by atoms with E-state index in [0.717, 1.165) is 6.42 Å². The Labute approximate surface area is 123 Å². The minimum atomic E-state index is -0.822. The molecular weight excluding hydrogens is 270 g/mol. The number of carbonyl (C=O) groups excluding carboxylic acids is 1. The van der Waals surface area contributed by atoms with Crippen molar-refractivity contribution in [2.45, 2.75) is 25.4 Å². The Morgan fingerprint density at radius 1 is 1.43 bits per heavy atom. The molecule has 1 aromatic rings. The van der Waals surface area contributed by atoms with Crippen molar-refractivity contribution in [1.82, 2.24) is 4.90 Å². The predicted octanol–water partition coefficient (Wildman–Crippen LogP) is 0.746. The van der Waals surface area contributed by atoms with E-state index >= 15 is 0 Å². The molecule has 1 aliphatic heterocycles. The summed E-state index contributed by atoms with van der Waals surface area (Å²) < 4.78 is 0. The van der Waals surface area contributed by atoms with E-state index in [1.165, 1.54) is 0 Å². The van der Waals surface area contributed by atoms with Gasteiger partial charge in [-0.2, -0.15) is 0 Å². The van der Waals surface area contributed by atoms with E-state index in [9.17, 15) is 9.90 Å². The van der Waals surface area contributed by atoms with Gasteiger partial charge in [0.1, 0.15) is 5.92 Å². The number of likely N-dealkylation sites (tertiary alicyclic amines) is 1. The molecule has 114 valence electrons. The minimum absolute atomic E-state index is 0.140. The summed E-state index contributed by atoms with van der Waals surface area (Å²) in [4.78, 5) is 14.3. The van der Waals surface area contributed by atoms with Gasteiger partial charge in [0, 0.05) is 13.1 Å². The fraction of sp³-hybridized carbons (Fsp3) is 0.467. The first-order chi connectivity index (χ1) is 10.0. The minimum Gasteiger partial charge on any atom is -0.409 e. The zero-order valence-electron chi connectivity index (χ0n) is 12.0. The Morgan fingerprint density at radius 3 is 2.67 bits per heavy atom. The van der Waals surface area contributed by atoms with Crippen LogP contribution in [0.15, 0.2) is 35.5 Å². The summed E-state index contributed by atoms with van der Waals surface area (Å²) in [6, 6.07) is 8.97. The van der Waals surface area contributed by atoms with Gasteiger partial charge in [-0.15, -0.1) is 0 Å². The highest BCUT2D eigenvalue weighted by atomic mass is 16.4. The Morgan fingerprint density at radius 2 is 2.10 bits per heavy atom. The number of oxime groups is 1. The van der Waals surface area contributed by atoms with Gasteiger partial charge in [-0.3, -0.25) is 4.79 Å². The standard InChI is InChI=1S/C15H21N3O3/c1-10-7-8-18(9-12(10)19)15(20)13(14(16)17-21)11-5-3-2-4-6-11/h2-6,10,12-13,19,21H,7-9H2,1H3,(H2,16,17). The van der Waals surface area contributed by atoms with E-state index in [1.54, 1.807) is 29.2 Å². The number of β-amino-alcohol motifs (C(OH)–C–C–N with tert-alkyl or cyclic N) is 1. The molecule has 1 aromatic carbocycles. The molecule has 1 saturated heterocycles. The second-order valence-electron chi connectivity index (χ2n) is 5.49. The molecule has 1 fully saturated rings. The van der Waals surface area contributed by atoms with Crippen molar-refractivity contribution in [3.05, 3.63) is 35.9 Å². The molecule has 0 aromatic heterocycles. The number of aliphatic hydroxyl groups is 1. The number of amidine groups is 1. The fourth-order valence-corrected chi connectivity index (χ4v) is 2.57. The Bertz CT molecular complexity index is 518. The molecule has 1 aliphatic rings. The molecule has 3 unspecified atom stereocenters. The lowest BCUT2D eigenvalue weighted by Gasteiger charge is -2.36. The van der Waals surface area contributed by atoms with Crippen molar-refractivity contribution in [1.29, 1.82) is 0 Å². The van der Waals surface area contributed by atoms with E-state index < -0.39 is 12.0 Å². The van der Waals surface area contributed by atoms with E-state index in [4.69, 9.17) is 10.9 Å². The first-order valence-electron chi connectivity index (χ1n) is 7.03. The summed E-state index contributed by atoms with van der Waals surface area (Å²) in [5, 5.41) is 21.9. The summed E-state index contributed by atoms with van der Waals surface area (Å²) in [6.45, 7) is 2.81. The van der Waals surface area contributed by atoms with E-state index in [2.05, 4.69) is 5.16 Å². The van der Waals surface area contributed by atoms with Crippen LogP contribution in [0.3, 0.4) is 0 Å². The molecule has 6 nitrogen and oxygen atoms in total. The van der Waals surface area contributed by atoms with Crippen LogP contribution < -0.4 is 5.73 Å². The number of hydrogen-bond donors (Lipinski definition) is 3. The lowest BCUT2D eigenvalue weighted by Crippen LogP contribution is -2.49. The van der Waals surface area contributed by atoms with E-state index in [0.29, 0.717) is 12.1 Å². The van der Waals surface area contributed by atoms with Crippen LogP contribution in [0.4, 0.5) is 0 Å². The summed E-state index contributed by atoms with van der Waals surface area (Å²) in [5.41, 5.74) is 6.38. The van der Waals surface area contributed by atoms with Gasteiger partial charge in [-0.25, -0.2) is 0 Å². The molecule has 2 rings (SSSR count). The Kier molecular flexibility index (Phi) is 4.80. The monoisotopic (exact) mass is 291 g/mol. The van der Waals surface area contributed by atoms with Crippen LogP contribution in [-0.2, 0) is 4.79 Å². The first-order valence-corrected chi connectivity index (χ1v) is 7.03. The van der Waals surface area contributed by atoms with Crippen LogP contribution in [-0.4, -0.2) is 46.1 Å².